The Labute approximate surface area is 215 Å². The van der Waals surface area contributed by atoms with E-state index in [1.54, 1.807) is 6.92 Å². The summed E-state index contributed by atoms with van der Waals surface area (Å²) in [6, 6.07) is 8.17. The molecule has 0 N–H and O–H groups in total. The molecule has 9 nitrogen and oxygen atoms in total. The van der Waals surface area contributed by atoms with Gasteiger partial charge in [0.25, 0.3) is 0 Å². The lowest BCUT2D eigenvalue weighted by Gasteiger charge is -2.29. The fourth-order valence-corrected chi connectivity index (χ4v) is 4.08. The smallest absolute Gasteiger partial charge is 0.330 e. The fourth-order valence-electron chi connectivity index (χ4n) is 3.21. The molecule has 2 rings (SSSR count). The van der Waals surface area contributed by atoms with Gasteiger partial charge in [0.05, 0.1) is 30.4 Å². The number of anilines is 1. The van der Waals surface area contributed by atoms with E-state index in [-0.39, 0.29) is 25.0 Å². The molecule has 1 aromatic heterocycles. The number of esters is 1. The molecule has 10 heteroatoms. The summed E-state index contributed by atoms with van der Waals surface area (Å²) in [6.45, 7) is 18.0. The number of thiophene rings is 1. The van der Waals surface area contributed by atoms with Crippen molar-refractivity contribution in [2.24, 2.45) is 10.2 Å². The van der Waals surface area contributed by atoms with Crippen molar-refractivity contribution in [3.8, 4) is 6.07 Å². The van der Waals surface area contributed by atoms with E-state index in [2.05, 4.69) is 39.9 Å². The van der Waals surface area contributed by atoms with Gasteiger partial charge in [-0.25, -0.2) is 9.64 Å². The minimum absolute atomic E-state index is 0.108. The van der Waals surface area contributed by atoms with E-state index in [9.17, 15) is 14.9 Å². The van der Waals surface area contributed by atoms with Gasteiger partial charge in [0.2, 0.25) is 5.69 Å². The first-order chi connectivity index (χ1) is 17.2. The Morgan fingerprint density at radius 2 is 1.97 bits per heavy atom. The van der Waals surface area contributed by atoms with Gasteiger partial charge in [0.15, 0.2) is 5.78 Å². The van der Waals surface area contributed by atoms with E-state index in [1.165, 1.54) is 18.3 Å². The first-order valence-corrected chi connectivity index (χ1v) is 12.1. The number of aryl methyl sites for hydroxylation is 1. The molecule has 0 unspecified atom stereocenters. The molecule has 0 aliphatic heterocycles. The number of azo groups is 1. The Bertz CT molecular complexity index is 1230. The maximum atomic E-state index is 11.4. The summed E-state index contributed by atoms with van der Waals surface area (Å²) in [6.07, 6.45) is 2.26. The molecule has 0 fully saturated rings. The standard InChI is InChI=1S/C26H29N5O4S/c1-17(2)31(11-12-34-13-14-35-24(33)10-7-19(4)32)21-8-9-22(18(3)15-21)29-30-26-25(28-6)20(5)23(16-27)36-26/h7-10,15,17H,11-14H2,1-5H3/b10-7-,30-29?. The van der Waals surface area contributed by atoms with Crippen molar-refractivity contribution in [1.82, 2.24) is 0 Å². The molecule has 0 aliphatic carbocycles. The average molecular weight is 508 g/mol. The second kappa shape index (κ2) is 13.9. The third-order valence-electron chi connectivity index (χ3n) is 5.10. The van der Waals surface area contributed by atoms with E-state index < -0.39 is 5.97 Å². The second-order valence-electron chi connectivity index (χ2n) is 8.12. The van der Waals surface area contributed by atoms with Crippen LogP contribution >= 0.6 is 11.3 Å². The Kier molecular flexibility index (Phi) is 10.9. The number of hydrogen-bond acceptors (Lipinski definition) is 9. The van der Waals surface area contributed by atoms with Crippen molar-refractivity contribution >= 4 is 45.2 Å². The van der Waals surface area contributed by atoms with Gasteiger partial charge in [-0.2, -0.15) is 15.5 Å². The van der Waals surface area contributed by atoms with Crippen molar-refractivity contribution in [3.05, 3.63) is 57.8 Å². The summed E-state index contributed by atoms with van der Waals surface area (Å²) in [5, 5.41) is 18.2. The van der Waals surface area contributed by atoms with Crippen molar-refractivity contribution in [2.75, 3.05) is 31.3 Å². The van der Waals surface area contributed by atoms with Gasteiger partial charge in [0, 0.05) is 24.4 Å². The van der Waals surface area contributed by atoms with E-state index in [0.717, 1.165) is 23.4 Å². The SMILES string of the molecule is [C-]#[N+]c1c(N=Nc2ccc(N(CCOCCOC(=O)/C=C\C(C)=O)C(C)C)cc2C)sc(C#N)c1C. The van der Waals surface area contributed by atoms with E-state index in [0.29, 0.717) is 40.0 Å². The van der Waals surface area contributed by atoms with E-state index in [1.807, 2.05) is 25.1 Å². The quantitative estimate of drug-likeness (QED) is 0.113. The number of rotatable bonds is 12. The van der Waals surface area contributed by atoms with Gasteiger partial charge in [0.1, 0.15) is 17.7 Å². The predicted octanol–water partition coefficient (Wildman–Crippen LogP) is 6.12. The van der Waals surface area contributed by atoms with Gasteiger partial charge >= 0.3 is 5.97 Å². The van der Waals surface area contributed by atoms with Gasteiger partial charge in [-0.1, -0.05) is 0 Å². The van der Waals surface area contributed by atoms with Crippen molar-refractivity contribution in [3.63, 3.8) is 0 Å². The van der Waals surface area contributed by atoms with Crippen LogP contribution in [0.5, 0.6) is 0 Å². The number of ketones is 1. The molecule has 0 saturated carbocycles. The van der Waals surface area contributed by atoms with Crippen molar-refractivity contribution in [1.29, 1.82) is 5.26 Å². The molecule has 1 aromatic carbocycles. The summed E-state index contributed by atoms with van der Waals surface area (Å²) >= 11 is 1.17. The molecule has 1 heterocycles. The lowest BCUT2D eigenvalue weighted by molar-refractivity contribution is -0.139. The molecule has 36 heavy (non-hydrogen) atoms. The lowest BCUT2D eigenvalue weighted by atomic mass is 10.1. The van der Waals surface area contributed by atoms with Crippen LogP contribution in [-0.4, -0.2) is 44.2 Å². The molecule has 188 valence electrons. The average Bonchev–Trinajstić information content (AvgIpc) is 3.15. The molecule has 0 atom stereocenters. The van der Waals surface area contributed by atoms with Crippen LogP contribution in [-0.2, 0) is 19.1 Å². The Balaban J connectivity index is 1.97. The third-order valence-corrected chi connectivity index (χ3v) is 6.17. The molecule has 0 bridgehead atoms. The highest BCUT2D eigenvalue weighted by atomic mass is 32.1. The zero-order chi connectivity index (χ0) is 26.7. The van der Waals surface area contributed by atoms with Crippen molar-refractivity contribution < 1.29 is 19.1 Å². The maximum Gasteiger partial charge on any atom is 0.330 e. The lowest BCUT2D eigenvalue weighted by Crippen LogP contribution is -2.34. The number of hydrogen-bond donors (Lipinski definition) is 0. The minimum Gasteiger partial charge on any atom is -0.460 e. The van der Waals surface area contributed by atoms with Crippen LogP contribution in [0.4, 0.5) is 22.1 Å². The van der Waals surface area contributed by atoms with Crippen LogP contribution in [0.1, 0.15) is 36.8 Å². The molecule has 0 amide bonds. The predicted molar refractivity (Wildman–Crippen MR) is 139 cm³/mol. The van der Waals surface area contributed by atoms with Gasteiger partial charge < -0.3 is 14.4 Å². The number of nitrogens with zero attached hydrogens (tertiary/aromatic N) is 5. The van der Waals surface area contributed by atoms with Gasteiger partial charge in [-0.05, 0) is 70.0 Å². The first kappa shape index (κ1) is 28.4. The second-order valence-corrected chi connectivity index (χ2v) is 9.11. The number of benzene rings is 1. The topological polar surface area (TPSA) is 109 Å². The zero-order valence-corrected chi connectivity index (χ0v) is 21.9. The molecule has 0 aliphatic rings. The summed E-state index contributed by atoms with van der Waals surface area (Å²) < 4.78 is 10.6. The normalized spacial score (nSPS) is 11.1. The van der Waals surface area contributed by atoms with Gasteiger partial charge in [-0.15, -0.1) is 11.3 Å². The van der Waals surface area contributed by atoms with Crippen LogP contribution in [0.3, 0.4) is 0 Å². The van der Waals surface area contributed by atoms with E-state index in [4.69, 9.17) is 16.0 Å². The van der Waals surface area contributed by atoms with Crippen LogP contribution < -0.4 is 4.90 Å². The molecular formula is C26H29N5O4S. The fraction of sp³-hybridized carbons (Fsp3) is 0.385. The molecule has 0 spiro atoms. The minimum atomic E-state index is -0.574. The van der Waals surface area contributed by atoms with Crippen LogP contribution in [0.25, 0.3) is 4.85 Å². The summed E-state index contributed by atoms with van der Waals surface area (Å²) in [4.78, 5) is 28.4. The highest BCUT2D eigenvalue weighted by molar-refractivity contribution is 7.17. The molecule has 0 saturated heterocycles. The monoisotopic (exact) mass is 507 g/mol. The van der Waals surface area contributed by atoms with Crippen LogP contribution in [0.15, 0.2) is 40.6 Å². The van der Waals surface area contributed by atoms with Crippen LogP contribution in [0.2, 0.25) is 0 Å². The first-order valence-electron chi connectivity index (χ1n) is 11.3. The number of allylic oxidation sites excluding steroid dienone is 1. The third kappa shape index (κ3) is 8.12. The Morgan fingerprint density at radius 3 is 2.58 bits per heavy atom. The molecule has 2 aromatic rings. The Hall–Kier alpha value is -3.86. The summed E-state index contributed by atoms with van der Waals surface area (Å²) in [5.41, 5.74) is 3.61. The molecule has 0 radical (unpaired) electrons. The highest BCUT2D eigenvalue weighted by Crippen LogP contribution is 2.42. The largest absolute Gasteiger partial charge is 0.460 e. The number of ether oxygens (including phenoxy) is 2. The molecular weight excluding hydrogens is 478 g/mol. The summed E-state index contributed by atoms with van der Waals surface area (Å²) in [7, 11) is 0. The zero-order valence-electron chi connectivity index (χ0n) is 21.1. The van der Waals surface area contributed by atoms with Gasteiger partial charge in [-0.3, -0.25) is 4.79 Å². The Morgan fingerprint density at radius 1 is 1.22 bits per heavy atom. The van der Waals surface area contributed by atoms with Crippen molar-refractivity contribution in [2.45, 2.75) is 40.7 Å². The number of carbonyl (C=O) groups excluding carboxylic acids is 2. The highest BCUT2D eigenvalue weighted by Gasteiger charge is 2.15. The number of nitriles is 1. The number of carbonyl (C=O) groups is 2. The summed E-state index contributed by atoms with van der Waals surface area (Å²) in [5.74, 6) is -0.792. The maximum absolute atomic E-state index is 11.4. The van der Waals surface area contributed by atoms with Crippen LogP contribution in [0, 0.1) is 31.8 Å². The van der Waals surface area contributed by atoms with E-state index >= 15 is 0 Å².